The maximum atomic E-state index is 12.8. The second kappa shape index (κ2) is 56.2. The average molecular weight is 942 g/mol. The summed E-state index contributed by atoms with van der Waals surface area (Å²) >= 11 is 0. The van der Waals surface area contributed by atoms with Crippen LogP contribution in [-0.2, 0) is 28.6 Å². The smallest absolute Gasteiger partial charge is 0.306 e. The molecule has 0 heterocycles. The maximum Gasteiger partial charge on any atom is 0.306 e. The predicted octanol–water partition coefficient (Wildman–Crippen LogP) is 19.7. The number of ether oxygens (including phenoxy) is 3. The van der Waals surface area contributed by atoms with Gasteiger partial charge in [-0.3, -0.25) is 14.4 Å². The van der Waals surface area contributed by atoms with Crippen molar-refractivity contribution in [3.63, 3.8) is 0 Å². The van der Waals surface area contributed by atoms with Crippen LogP contribution in [0.4, 0.5) is 0 Å². The van der Waals surface area contributed by atoms with Gasteiger partial charge in [0.25, 0.3) is 0 Å². The zero-order valence-electron chi connectivity index (χ0n) is 44.9. The minimum absolute atomic E-state index is 0.0717. The molecule has 0 amide bonds. The highest BCUT2D eigenvalue weighted by molar-refractivity contribution is 5.71. The van der Waals surface area contributed by atoms with Crippen molar-refractivity contribution in [2.45, 2.75) is 322 Å². The summed E-state index contributed by atoms with van der Waals surface area (Å²) in [5.41, 5.74) is 0. The zero-order chi connectivity index (χ0) is 48.6. The van der Waals surface area contributed by atoms with Crippen molar-refractivity contribution in [1.29, 1.82) is 0 Å². The van der Waals surface area contributed by atoms with Crippen molar-refractivity contribution in [1.82, 2.24) is 0 Å². The Morgan fingerprint density at radius 2 is 0.537 bits per heavy atom. The topological polar surface area (TPSA) is 78.9 Å². The minimum atomic E-state index is -0.770. The fourth-order valence-electron chi connectivity index (χ4n) is 8.65. The minimum Gasteiger partial charge on any atom is -0.462 e. The third kappa shape index (κ3) is 54.4. The van der Waals surface area contributed by atoms with Gasteiger partial charge in [-0.05, 0) is 77.0 Å². The first-order valence-electron chi connectivity index (χ1n) is 29.5. The normalized spacial score (nSPS) is 12.2. The van der Waals surface area contributed by atoms with Gasteiger partial charge in [-0.25, -0.2) is 0 Å². The van der Waals surface area contributed by atoms with E-state index in [0.717, 1.165) is 70.6 Å². The van der Waals surface area contributed by atoms with Crippen LogP contribution in [0.3, 0.4) is 0 Å². The summed E-state index contributed by atoms with van der Waals surface area (Å²) in [5.74, 6) is -0.873. The monoisotopic (exact) mass is 941 g/mol. The Kier molecular flexibility index (Phi) is 54.2. The fourth-order valence-corrected chi connectivity index (χ4v) is 8.65. The summed E-state index contributed by atoms with van der Waals surface area (Å²) in [6, 6.07) is 0. The molecule has 392 valence electrons. The lowest BCUT2D eigenvalue weighted by Crippen LogP contribution is -2.30. The summed E-state index contributed by atoms with van der Waals surface area (Å²) in [4.78, 5) is 37.9. The number of hydrogen-bond donors (Lipinski definition) is 0. The van der Waals surface area contributed by atoms with Crippen LogP contribution in [0.25, 0.3) is 0 Å². The molecular weight excluding hydrogens is 829 g/mol. The summed E-state index contributed by atoms with van der Waals surface area (Å²) in [7, 11) is 0. The van der Waals surface area contributed by atoms with Crippen molar-refractivity contribution in [3.8, 4) is 0 Å². The van der Waals surface area contributed by atoms with Crippen molar-refractivity contribution in [3.05, 3.63) is 36.5 Å². The van der Waals surface area contributed by atoms with Crippen molar-refractivity contribution >= 4 is 17.9 Å². The van der Waals surface area contributed by atoms with Crippen LogP contribution in [0.2, 0.25) is 0 Å². The van der Waals surface area contributed by atoms with Crippen LogP contribution in [-0.4, -0.2) is 37.2 Å². The van der Waals surface area contributed by atoms with Crippen LogP contribution < -0.4 is 0 Å². The highest BCUT2D eigenvalue weighted by Gasteiger charge is 2.19. The van der Waals surface area contributed by atoms with Gasteiger partial charge >= 0.3 is 17.9 Å². The molecule has 0 saturated heterocycles. The van der Waals surface area contributed by atoms with Gasteiger partial charge in [0.05, 0.1) is 0 Å². The Balaban J connectivity index is 4.01. The van der Waals surface area contributed by atoms with E-state index in [1.165, 1.54) is 205 Å². The summed E-state index contributed by atoms with van der Waals surface area (Å²) in [5, 5.41) is 0. The second-order valence-electron chi connectivity index (χ2n) is 19.9. The van der Waals surface area contributed by atoms with Gasteiger partial charge in [0, 0.05) is 19.3 Å². The molecule has 0 N–H and O–H groups in total. The van der Waals surface area contributed by atoms with Crippen LogP contribution in [0.1, 0.15) is 316 Å². The molecule has 0 aliphatic carbocycles. The average Bonchev–Trinajstić information content (AvgIpc) is 3.33. The molecule has 67 heavy (non-hydrogen) atoms. The Bertz CT molecular complexity index is 1130. The molecule has 0 aliphatic rings. The summed E-state index contributed by atoms with van der Waals surface area (Å²) in [6.07, 6.45) is 67.5. The number of rotatable bonds is 54. The van der Waals surface area contributed by atoms with E-state index in [2.05, 4.69) is 57.2 Å². The summed E-state index contributed by atoms with van der Waals surface area (Å²) < 4.78 is 16.8. The van der Waals surface area contributed by atoms with Crippen LogP contribution >= 0.6 is 0 Å². The Labute approximate surface area is 416 Å². The molecule has 1 atom stereocenters. The van der Waals surface area contributed by atoms with Gasteiger partial charge in [-0.15, -0.1) is 0 Å². The number of carbonyl (C=O) groups excluding carboxylic acids is 3. The molecule has 0 saturated carbocycles. The van der Waals surface area contributed by atoms with E-state index in [-0.39, 0.29) is 31.1 Å². The molecule has 6 nitrogen and oxygen atoms in total. The van der Waals surface area contributed by atoms with Gasteiger partial charge in [-0.2, -0.15) is 0 Å². The highest BCUT2D eigenvalue weighted by Crippen LogP contribution is 2.17. The third-order valence-corrected chi connectivity index (χ3v) is 13.1. The van der Waals surface area contributed by atoms with Crippen molar-refractivity contribution < 1.29 is 28.6 Å². The Morgan fingerprint density at radius 1 is 0.299 bits per heavy atom. The first-order valence-corrected chi connectivity index (χ1v) is 29.5. The molecule has 0 rings (SSSR count). The molecule has 0 aromatic heterocycles. The summed E-state index contributed by atoms with van der Waals surface area (Å²) in [6.45, 7) is 6.59. The first kappa shape index (κ1) is 64.6. The molecule has 0 aromatic carbocycles. The van der Waals surface area contributed by atoms with E-state index in [9.17, 15) is 14.4 Å². The van der Waals surface area contributed by atoms with E-state index in [0.29, 0.717) is 19.3 Å². The fraction of sp³-hybridized carbons (Fsp3) is 0.852. The molecule has 0 aliphatic heterocycles. The van der Waals surface area contributed by atoms with E-state index >= 15 is 0 Å². The van der Waals surface area contributed by atoms with Crippen LogP contribution in [0, 0.1) is 0 Å². The SMILES string of the molecule is CCCCCC/C=C\CCCCCCCC(=O)OC(COC(=O)CCCCCCCCC)COC(=O)CCCCCCCCCCCCCCCCCCC/C=C\C/C=C\CCCCCCC. The molecule has 0 radical (unpaired) electrons. The Hall–Kier alpha value is -2.37. The molecule has 0 fully saturated rings. The number of hydrogen-bond acceptors (Lipinski definition) is 6. The molecule has 0 spiro atoms. The van der Waals surface area contributed by atoms with E-state index < -0.39 is 6.10 Å². The van der Waals surface area contributed by atoms with Crippen molar-refractivity contribution in [2.75, 3.05) is 13.2 Å². The van der Waals surface area contributed by atoms with Gasteiger partial charge in [0.2, 0.25) is 0 Å². The number of esters is 3. The first-order chi connectivity index (χ1) is 33.0. The third-order valence-electron chi connectivity index (χ3n) is 13.1. The lowest BCUT2D eigenvalue weighted by atomic mass is 10.0. The van der Waals surface area contributed by atoms with Crippen LogP contribution in [0.15, 0.2) is 36.5 Å². The lowest BCUT2D eigenvalue weighted by molar-refractivity contribution is -0.167. The standard InChI is InChI=1S/C61H112O6/c1-4-7-10-13-16-18-20-22-23-24-25-26-27-28-29-30-31-32-33-34-35-36-37-39-40-42-45-48-51-54-60(63)66-57-58(56-65-59(62)53-50-47-44-15-12-9-6-3)67-61(64)55-52-49-46-43-41-38-21-19-17-14-11-8-5-2/h19-22,24-25,58H,4-18,23,26-57H2,1-3H3/b21-19-,22-20-,25-24-. The van der Waals surface area contributed by atoms with Gasteiger partial charge in [0.15, 0.2) is 6.10 Å². The Morgan fingerprint density at radius 3 is 0.851 bits per heavy atom. The number of unbranched alkanes of at least 4 members (excludes halogenated alkanes) is 37. The molecule has 6 heteroatoms. The number of allylic oxidation sites excluding steroid dienone is 6. The zero-order valence-corrected chi connectivity index (χ0v) is 44.9. The van der Waals surface area contributed by atoms with Gasteiger partial charge in [0.1, 0.15) is 13.2 Å². The molecule has 0 bridgehead atoms. The van der Waals surface area contributed by atoms with Gasteiger partial charge < -0.3 is 14.2 Å². The quantitative estimate of drug-likeness (QED) is 0.0262. The van der Waals surface area contributed by atoms with Gasteiger partial charge in [-0.1, -0.05) is 256 Å². The molecule has 0 aromatic rings. The molecule has 1 unspecified atom stereocenters. The lowest BCUT2D eigenvalue weighted by Gasteiger charge is -2.18. The van der Waals surface area contributed by atoms with E-state index in [4.69, 9.17) is 14.2 Å². The van der Waals surface area contributed by atoms with E-state index in [1.54, 1.807) is 0 Å². The molecular formula is C61H112O6. The predicted molar refractivity (Wildman–Crippen MR) is 289 cm³/mol. The maximum absolute atomic E-state index is 12.8. The second-order valence-corrected chi connectivity index (χ2v) is 19.9. The number of carbonyl (C=O) groups is 3. The largest absolute Gasteiger partial charge is 0.462 e. The van der Waals surface area contributed by atoms with Crippen LogP contribution in [0.5, 0.6) is 0 Å². The van der Waals surface area contributed by atoms with Crippen molar-refractivity contribution in [2.24, 2.45) is 0 Å². The van der Waals surface area contributed by atoms with E-state index in [1.807, 2.05) is 0 Å². The highest BCUT2D eigenvalue weighted by atomic mass is 16.6.